The molecular weight excluding hydrogens is 283 g/mol. The third kappa shape index (κ3) is 2.79. The molecule has 2 N–H and O–H groups in total. The van der Waals surface area contributed by atoms with Crippen LogP contribution in [-0.2, 0) is 0 Å². The Balaban J connectivity index is 1.95. The van der Waals surface area contributed by atoms with Gasteiger partial charge in [0.05, 0.1) is 0 Å². The molecule has 0 radical (unpaired) electrons. The molecule has 0 aliphatic carbocycles. The standard InChI is InChI=1S/C15H10F3NO2/c16-15(17,18)21-11-3-1-9(2-4-11)10-7-13-12(5-6-19-13)14(20)8-10/h1-8,19-20H. The first-order valence-corrected chi connectivity index (χ1v) is 6.09. The Bertz CT molecular complexity index is 776. The van der Waals surface area contributed by atoms with Gasteiger partial charge in [0.25, 0.3) is 0 Å². The number of halogens is 3. The van der Waals surface area contributed by atoms with E-state index in [1.807, 2.05) is 6.07 Å². The Kier molecular flexibility index (Phi) is 3.01. The summed E-state index contributed by atoms with van der Waals surface area (Å²) < 4.78 is 40.1. The van der Waals surface area contributed by atoms with E-state index < -0.39 is 6.36 Å². The van der Waals surface area contributed by atoms with Gasteiger partial charge in [-0.25, -0.2) is 0 Å². The summed E-state index contributed by atoms with van der Waals surface area (Å²) in [5, 5.41) is 10.6. The third-order valence-electron chi connectivity index (χ3n) is 3.07. The predicted molar refractivity (Wildman–Crippen MR) is 72.1 cm³/mol. The maximum absolute atomic E-state index is 12.1. The van der Waals surface area contributed by atoms with Crippen molar-refractivity contribution in [1.29, 1.82) is 0 Å². The summed E-state index contributed by atoms with van der Waals surface area (Å²) in [6.07, 6.45) is -3.00. The molecule has 1 heterocycles. The predicted octanol–water partition coefficient (Wildman–Crippen LogP) is 4.44. The van der Waals surface area contributed by atoms with Crippen molar-refractivity contribution >= 4 is 10.9 Å². The van der Waals surface area contributed by atoms with Gasteiger partial charge in [0.2, 0.25) is 0 Å². The summed E-state index contributed by atoms with van der Waals surface area (Å²) in [5.74, 6) is -0.171. The molecule has 6 heteroatoms. The first kappa shape index (κ1) is 13.4. The van der Waals surface area contributed by atoms with Crippen molar-refractivity contribution in [2.45, 2.75) is 6.36 Å². The van der Waals surface area contributed by atoms with Crippen LogP contribution in [0.15, 0.2) is 48.7 Å². The van der Waals surface area contributed by atoms with Crippen LogP contribution in [0.1, 0.15) is 0 Å². The number of rotatable bonds is 2. The van der Waals surface area contributed by atoms with E-state index in [1.165, 1.54) is 24.3 Å². The van der Waals surface area contributed by atoms with Crippen LogP contribution in [0.3, 0.4) is 0 Å². The molecule has 0 unspecified atom stereocenters. The summed E-state index contributed by atoms with van der Waals surface area (Å²) in [7, 11) is 0. The van der Waals surface area contributed by atoms with E-state index in [1.54, 1.807) is 18.3 Å². The van der Waals surface area contributed by atoms with E-state index in [0.29, 0.717) is 16.5 Å². The Labute approximate surface area is 117 Å². The number of aromatic amines is 1. The topological polar surface area (TPSA) is 45.2 Å². The quantitative estimate of drug-likeness (QED) is 0.733. The Morgan fingerprint density at radius 2 is 1.67 bits per heavy atom. The lowest BCUT2D eigenvalue weighted by atomic mass is 10.0. The van der Waals surface area contributed by atoms with E-state index >= 15 is 0 Å². The molecule has 2 aromatic carbocycles. The second-order valence-corrected chi connectivity index (χ2v) is 4.51. The van der Waals surface area contributed by atoms with Crippen molar-refractivity contribution < 1.29 is 23.0 Å². The van der Waals surface area contributed by atoms with Crippen LogP contribution >= 0.6 is 0 Å². The smallest absolute Gasteiger partial charge is 0.507 e. The molecule has 0 atom stereocenters. The van der Waals surface area contributed by atoms with Gasteiger partial charge < -0.3 is 14.8 Å². The highest BCUT2D eigenvalue weighted by Crippen LogP contribution is 2.32. The molecular formula is C15H10F3NO2. The van der Waals surface area contributed by atoms with Gasteiger partial charge in [-0.15, -0.1) is 13.2 Å². The minimum Gasteiger partial charge on any atom is -0.507 e. The second-order valence-electron chi connectivity index (χ2n) is 4.51. The number of phenols is 1. The van der Waals surface area contributed by atoms with Crippen molar-refractivity contribution in [3.63, 3.8) is 0 Å². The number of ether oxygens (including phenoxy) is 1. The maximum Gasteiger partial charge on any atom is 0.573 e. The fourth-order valence-electron chi connectivity index (χ4n) is 2.16. The number of benzene rings is 2. The highest BCUT2D eigenvalue weighted by molar-refractivity contribution is 5.90. The number of H-pyrrole nitrogens is 1. The van der Waals surface area contributed by atoms with Gasteiger partial charge >= 0.3 is 6.36 Å². The third-order valence-corrected chi connectivity index (χ3v) is 3.07. The Morgan fingerprint density at radius 3 is 2.33 bits per heavy atom. The fourth-order valence-corrected chi connectivity index (χ4v) is 2.16. The van der Waals surface area contributed by atoms with Gasteiger partial charge in [0.15, 0.2) is 0 Å². The van der Waals surface area contributed by atoms with Gasteiger partial charge in [0, 0.05) is 17.1 Å². The van der Waals surface area contributed by atoms with E-state index in [4.69, 9.17) is 0 Å². The zero-order valence-electron chi connectivity index (χ0n) is 10.6. The summed E-state index contributed by atoms with van der Waals surface area (Å²) in [6, 6.07) is 10.6. The molecule has 0 spiro atoms. The first-order chi connectivity index (χ1) is 9.92. The molecule has 0 fully saturated rings. The summed E-state index contributed by atoms with van der Waals surface area (Å²) in [6.45, 7) is 0. The van der Waals surface area contributed by atoms with Crippen molar-refractivity contribution in [3.05, 3.63) is 48.7 Å². The first-order valence-electron chi connectivity index (χ1n) is 6.09. The molecule has 0 aliphatic rings. The molecule has 0 aliphatic heterocycles. The van der Waals surface area contributed by atoms with Crippen LogP contribution in [0.25, 0.3) is 22.0 Å². The van der Waals surface area contributed by atoms with Crippen molar-refractivity contribution in [2.75, 3.05) is 0 Å². The SMILES string of the molecule is Oc1cc(-c2ccc(OC(F)(F)F)cc2)cc2[nH]ccc12. The minimum atomic E-state index is -4.71. The normalized spacial score (nSPS) is 11.8. The largest absolute Gasteiger partial charge is 0.573 e. The van der Waals surface area contributed by atoms with Crippen LogP contribution < -0.4 is 4.74 Å². The van der Waals surface area contributed by atoms with Gasteiger partial charge in [-0.3, -0.25) is 0 Å². The highest BCUT2D eigenvalue weighted by atomic mass is 19.4. The van der Waals surface area contributed by atoms with E-state index in [9.17, 15) is 18.3 Å². The molecule has 3 nitrogen and oxygen atoms in total. The average molecular weight is 293 g/mol. The van der Waals surface area contributed by atoms with Gasteiger partial charge in [-0.1, -0.05) is 12.1 Å². The Morgan fingerprint density at radius 1 is 0.952 bits per heavy atom. The zero-order chi connectivity index (χ0) is 15.0. The number of aromatic nitrogens is 1. The lowest BCUT2D eigenvalue weighted by molar-refractivity contribution is -0.274. The molecule has 0 saturated heterocycles. The molecule has 0 saturated carbocycles. The number of hydrogen-bond donors (Lipinski definition) is 2. The summed E-state index contributed by atoms with van der Waals surface area (Å²) >= 11 is 0. The molecule has 3 aromatic rings. The molecule has 0 bridgehead atoms. The number of nitrogens with one attached hydrogen (secondary N) is 1. The number of fused-ring (bicyclic) bond motifs is 1. The average Bonchev–Trinajstić information content (AvgIpc) is 2.86. The van der Waals surface area contributed by atoms with Crippen LogP contribution in [-0.4, -0.2) is 16.5 Å². The Hall–Kier alpha value is -2.63. The minimum absolute atomic E-state index is 0.111. The summed E-state index contributed by atoms with van der Waals surface area (Å²) in [4.78, 5) is 2.98. The van der Waals surface area contributed by atoms with E-state index in [2.05, 4.69) is 9.72 Å². The number of aromatic hydroxyl groups is 1. The summed E-state index contributed by atoms with van der Waals surface area (Å²) in [5.41, 5.74) is 2.12. The number of alkyl halides is 3. The van der Waals surface area contributed by atoms with Crippen molar-refractivity contribution in [1.82, 2.24) is 4.98 Å². The van der Waals surface area contributed by atoms with Crippen molar-refractivity contribution in [2.24, 2.45) is 0 Å². The van der Waals surface area contributed by atoms with Gasteiger partial charge in [0.1, 0.15) is 11.5 Å². The maximum atomic E-state index is 12.1. The van der Waals surface area contributed by atoms with Crippen LogP contribution in [0.2, 0.25) is 0 Å². The molecule has 1 aromatic heterocycles. The van der Waals surface area contributed by atoms with Crippen LogP contribution in [0, 0.1) is 0 Å². The van der Waals surface area contributed by atoms with Gasteiger partial charge in [-0.05, 0) is 41.5 Å². The van der Waals surface area contributed by atoms with E-state index in [0.717, 1.165) is 5.52 Å². The lowest BCUT2D eigenvalue weighted by Crippen LogP contribution is -2.16. The van der Waals surface area contributed by atoms with Crippen LogP contribution in [0.5, 0.6) is 11.5 Å². The zero-order valence-corrected chi connectivity index (χ0v) is 10.6. The van der Waals surface area contributed by atoms with Crippen molar-refractivity contribution in [3.8, 4) is 22.6 Å². The lowest BCUT2D eigenvalue weighted by Gasteiger charge is -2.09. The molecule has 0 amide bonds. The van der Waals surface area contributed by atoms with E-state index in [-0.39, 0.29) is 11.5 Å². The monoisotopic (exact) mass is 293 g/mol. The second kappa shape index (κ2) is 4.73. The van der Waals surface area contributed by atoms with Crippen LogP contribution in [0.4, 0.5) is 13.2 Å². The highest BCUT2D eigenvalue weighted by Gasteiger charge is 2.30. The molecule has 21 heavy (non-hydrogen) atoms. The van der Waals surface area contributed by atoms with Gasteiger partial charge in [-0.2, -0.15) is 0 Å². The fraction of sp³-hybridized carbons (Fsp3) is 0.0667. The number of hydrogen-bond acceptors (Lipinski definition) is 2. The molecule has 3 rings (SSSR count). The molecule has 108 valence electrons. The number of phenolic OH excluding ortho intramolecular Hbond substituents is 1.